The number of aliphatic imine (C=N–C) groups is 1. The number of fused-ring (bicyclic) bond motifs is 1. The topological polar surface area (TPSA) is 50.7 Å². The van der Waals surface area contributed by atoms with Gasteiger partial charge in [-0.05, 0) is 29.3 Å². The van der Waals surface area contributed by atoms with Crippen LogP contribution in [0.5, 0.6) is 5.75 Å². The average molecular weight is 342 g/mol. The van der Waals surface area contributed by atoms with Crippen LogP contribution < -0.4 is 10.1 Å². The van der Waals surface area contributed by atoms with Crippen LogP contribution in [0.25, 0.3) is 11.1 Å². The second kappa shape index (κ2) is 6.84. The fourth-order valence-electron chi connectivity index (χ4n) is 3.17. The van der Waals surface area contributed by atoms with Crippen molar-refractivity contribution in [3.63, 3.8) is 0 Å². The van der Waals surface area contributed by atoms with Crippen molar-refractivity contribution in [1.82, 2.24) is 0 Å². The number of amides is 1. The van der Waals surface area contributed by atoms with Crippen molar-refractivity contribution in [3.05, 3.63) is 83.9 Å². The lowest BCUT2D eigenvalue weighted by atomic mass is 9.92. The maximum atomic E-state index is 12.0. The van der Waals surface area contributed by atoms with Gasteiger partial charge in [0.15, 0.2) is 0 Å². The van der Waals surface area contributed by atoms with Crippen LogP contribution in [-0.4, -0.2) is 25.3 Å². The van der Waals surface area contributed by atoms with Crippen molar-refractivity contribution >= 4 is 17.3 Å². The Labute approximate surface area is 152 Å². The van der Waals surface area contributed by atoms with Gasteiger partial charge in [0, 0.05) is 11.1 Å². The molecule has 1 amide bonds. The molecule has 0 saturated carbocycles. The smallest absolute Gasteiger partial charge is 0.246 e. The lowest BCUT2D eigenvalue weighted by Crippen LogP contribution is -2.13. The van der Waals surface area contributed by atoms with E-state index in [1.54, 1.807) is 7.11 Å². The number of benzodiazepines with no additional fused rings is 1. The van der Waals surface area contributed by atoms with Crippen LogP contribution in [0.2, 0.25) is 0 Å². The number of carbonyl (C=O) groups is 1. The summed E-state index contributed by atoms with van der Waals surface area (Å²) in [6, 6.07) is 23.8. The third kappa shape index (κ3) is 2.97. The molecule has 3 aromatic carbocycles. The van der Waals surface area contributed by atoms with Crippen LogP contribution in [0, 0.1) is 0 Å². The van der Waals surface area contributed by atoms with Gasteiger partial charge >= 0.3 is 0 Å². The summed E-state index contributed by atoms with van der Waals surface area (Å²) in [6.45, 7) is 0.112. The molecule has 1 aliphatic heterocycles. The van der Waals surface area contributed by atoms with E-state index in [2.05, 4.69) is 16.4 Å². The van der Waals surface area contributed by atoms with Gasteiger partial charge in [0.2, 0.25) is 5.91 Å². The molecule has 0 bridgehead atoms. The molecule has 128 valence electrons. The van der Waals surface area contributed by atoms with Gasteiger partial charge in [0.1, 0.15) is 12.3 Å². The number of hydrogen-bond donors (Lipinski definition) is 1. The number of benzene rings is 3. The first kappa shape index (κ1) is 16.1. The van der Waals surface area contributed by atoms with Crippen molar-refractivity contribution in [2.24, 2.45) is 4.99 Å². The Kier molecular flexibility index (Phi) is 4.23. The van der Waals surface area contributed by atoms with Crippen LogP contribution in [0.15, 0.2) is 77.8 Å². The third-order valence-corrected chi connectivity index (χ3v) is 4.42. The Morgan fingerprint density at radius 3 is 2.23 bits per heavy atom. The summed E-state index contributed by atoms with van der Waals surface area (Å²) in [4.78, 5) is 16.6. The summed E-state index contributed by atoms with van der Waals surface area (Å²) in [7, 11) is 1.66. The molecular weight excluding hydrogens is 324 g/mol. The second-order valence-corrected chi connectivity index (χ2v) is 6.03. The molecule has 0 saturated heterocycles. The second-order valence-electron chi connectivity index (χ2n) is 6.03. The van der Waals surface area contributed by atoms with Crippen molar-refractivity contribution in [1.29, 1.82) is 0 Å². The highest BCUT2D eigenvalue weighted by atomic mass is 16.5. The number of nitrogens with one attached hydrogen (secondary N) is 1. The number of nitrogens with zero attached hydrogens (tertiary/aromatic N) is 1. The highest BCUT2D eigenvalue weighted by Gasteiger charge is 2.19. The largest absolute Gasteiger partial charge is 0.497 e. The van der Waals surface area contributed by atoms with Crippen molar-refractivity contribution in [2.75, 3.05) is 19.0 Å². The number of carbonyl (C=O) groups excluding carboxylic acids is 1. The maximum absolute atomic E-state index is 12.0. The molecule has 26 heavy (non-hydrogen) atoms. The normalized spacial score (nSPS) is 13.3. The quantitative estimate of drug-likeness (QED) is 0.777. The summed E-state index contributed by atoms with van der Waals surface area (Å²) >= 11 is 0. The highest BCUT2D eigenvalue weighted by Crippen LogP contribution is 2.30. The standard InChI is InChI=1S/C22H18N2O2/c1-26-16-12-10-15(11-13-16)17-6-2-3-7-18(17)22-19-8-4-5-9-20(19)24-21(25)14-23-22/h2-13H,14H2,1H3,(H,24,25). The molecule has 0 aromatic heterocycles. The lowest BCUT2D eigenvalue weighted by Gasteiger charge is -2.14. The van der Waals surface area contributed by atoms with Gasteiger partial charge in [-0.25, -0.2) is 0 Å². The molecule has 0 fully saturated rings. The number of methoxy groups -OCH3 is 1. The highest BCUT2D eigenvalue weighted by molar-refractivity contribution is 6.21. The SMILES string of the molecule is COc1ccc(-c2ccccc2C2=NCC(=O)Nc3ccccc32)cc1. The molecule has 0 atom stereocenters. The molecule has 4 rings (SSSR count). The Morgan fingerprint density at radius 1 is 0.846 bits per heavy atom. The van der Waals surface area contributed by atoms with Gasteiger partial charge in [-0.2, -0.15) is 0 Å². The number of ether oxygens (including phenoxy) is 1. The van der Waals surface area contributed by atoms with E-state index in [0.29, 0.717) is 0 Å². The van der Waals surface area contributed by atoms with Crippen LogP contribution in [0.3, 0.4) is 0 Å². The Balaban J connectivity index is 1.87. The van der Waals surface area contributed by atoms with Gasteiger partial charge in [0.05, 0.1) is 18.5 Å². The van der Waals surface area contributed by atoms with Crippen molar-refractivity contribution in [3.8, 4) is 16.9 Å². The number of rotatable bonds is 3. The molecule has 3 aromatic rings. The minimum absolute atomic E-state index is 0.102. The van der Waals surface area contributed by atoms with E-state index >= 15 is 0 Å². The summed E-state index contributed by atoms with van der Waals surface area (Å²) in [5, 5.41) is 2.93. The van der Waals surface area contributed by atoms with E-state index in [1.807, 2.05) is 66.7 Å². The molecule has 1 heterocycles. The molecule has 0 radical (unpaired) electrons. The molecular formula is C22H18N2O2. The Bertz CT molecular complexity index is 991. The molecule has 1 N–H and O–H groups in total. The molecule has 0 spiro atoms. The zero-order chi connectivity index (χ0) is 17.9. The first-order chi connectivity index (χ1) is 12.8. The zero-order valence-corrected chi connectivity index (χ0v) is 14.4. The molecule has 4 nitrogen and oxygen atoms in total. The predicted molar refractivity (Wildman–Crippen MR) is 104 cm³/mol. The molecule has 0 unspecified atom stereocenters. The zero-order valence-electron chi connectivity index (χ0n) is 14.4. The van der Waals surface area contributed by atoms with Gasteiger partial charge in [-0.15, -0.1) is 0 Å². The fourth-order valence-corrected chi connectivity index (χ4v) is 3.17. The Hall–Kier alpha value is -3.40. The predicted octanol–water partition coefficient (Wildman–Crippen LogP) is 4.15. The maximum Gasteiger partial charge on any atom is 0.246 e. The van der Waals surface area contributed by atoms with Crippen LogP contribution >= 0.6 is 0 Å². The van der Waals surface area contributed by atoms with Gasteiger partial charge in [-0.1, -0.05) is 54.6 Å². The van der Waals surface area contributed by atoms with E-state index in [4.69, 9.17) is 4.74 Å². The number of anilines is 1. The first-order valence-corrected chi connectivity index (χ1v) is 8.44. The minimum Gasteiger partial charge on any atom is -0.497 e. The molecule has 0 aliphatic carbocycles. The van der Waals surface area contributed by atoms with E-state index in [-0.39, 0.29) is 12.5 Å². The summed E-state index contributed by atoms with van der Waals surface area (Å²) < 4.78 is 5.26. The molecule has 1 aliphatic rings. The van der Waals surface area contributed by atoms with Gasteiger partial charge in [-0.3, -0.25) is 9.79 Å². The first-order valence-electron chi connectivity index (χ1n) is 8.44. The van der Waals surface area contributed by atoms with Crippen LogP contribution in [0.1, 0.15) is 11.1 Å². The minimum atomic E-state index is -0.102. The van der Waals surface area contributed by atoms with Crippen molar-refractivity contribution < 1.29 is 9.53 Å². The number of para-hydroxylation sites is 1. The summed E-state index contributed by atoms with van der Waals surface area (Å²) in [6.07, 6.45) is 0. The lowest BCUT2D eigenvalue weighted by molar-refractivity contribution is -0.114. The monoisotopic (exact) mass is 342 g/mol. The van der Waals surface area contributed by atoms with E-state index in [9.17, 15) is 4.79 Å². The van der Waals surface area contributed by atoms with E-state index in [0.717, 1.165) is 39.4 Å². The van der Waals surface area contributed by atoms with Crippen LogP contribution in [-0.2, 0) is 4.79 Å². The summed E-state index contributed by atoms with van der Waals surface area (Å²) in [5.41, 5.74) is 5.69. The number of hydrogen-bond acceptors (Lipinski definition) is 3. The van der Waals surface area contributed by atoms with Crippen LogP contribution in [0.4, 0.5) is 5.69 Å². The van der Waals surface area contributed by atoms with E-state index in [1.165, 1.54) is 0 Å². The van der Waals surface area contributed by atoms with Gasteiger partial charge in [0.25, 0.3) is 0 Å². The average Bonchev–Trinajstić information content (AvgIpc) is 2.86. The Morgan fingerprint density at radius 2 is 1.50 bits per heavy atom. The molecule has 4 heteroatoms. The fraction of sp³-hybridized carbons (Fsp3) is 0.0909. The van der Waals surface area contributed by atoms with E-state index < -0.39 is 0 Å². The van der Waals surface area contributed by atoms with Crippen molar-refractivity contribution in [2.45, 2.75) is 0 Å². The third-order valence-electron chi connectivity index (χ3n) is 4.42. The summed E-state index contributed by atoms with van der Waals surface area (Å²) in [5.74, 6) is 0.715. The van der Waals surface area contributed by atoms with Gasteiger partial charge < -0.3 is 10.1 Å².